The highest BCUT2D eigenvalue weighted by Crippen LogP contribution is 2.26. The first kappa shape index (κ1) is 18.5. The Kier molecular flexibility index (Phi) is 5.61. The number of furan rings is 1. The van der Waals surface area contributed by atoms with E-state index in [9.17, 15) is 4.79 Å². The lowest BCUT2D eigenvalue weighted by Crippen LogP contribution is -2.10. The van der Waals surface area contributed by atoms with Crippen molar-refractivity contribution in [1.82, 2.24) is 14.8 Å². The number of rotatable bonds is 7. The van der Waals surface area contributed by atoms with Crippen molar-refractivity contribution in [2.45, 2.75) is 39.4 Å². The number of ketones is 1. The van der Waals surface area contributed by atoms with Gasteiger partial charge < -0.3 is 4.42 Å². The van der Waals surface area contributed by atoms with E-state index in [0.29, 0.717) is 23.3 Å². The fourth-order valence-corrected chi connectivity index (χ4v) is 3.59. The lowest BCUT2D eigenvalue weighted by atomic mass is 10.0. The van der Waals surface area contributed by atoms with Gasteiger partial charge in [-0.3, -0.25) is 9.36 Å². The fourth-order valence-electron chi connectivity index (χ4n) is 2.76. The predicted octanol–water partition coefficient (Wildman–Crippen LogP) is 4.79. The van der Waals surface area contributed by atoms with Crippen LogP contribution >= 0.6 is 11.8 Å². The van der Waals surface area contributed by atoms with Gasteiger partial charge in [0.1, 0.15) is 0 Å². The van der Waals surface area contributed by atoms with Crippen molar-refractivity contribution in [3.8, 4) is 11.6 Å². The SMILES string of the molecule is Cc1ccc(C)c(C(=O)CSc2nnc(-c3ccco3)n2CC(C)C)c1. The molecule has 0 aliphatic heterocycles. The Labute approximate surface area is 157 Å². The van der Waals surface area contributed by atoms with Crippen LogP contribution in [0.25, 0.3) is 11.6 Å². The summed E-state index contributed by atoms with van der Waals surface area (Å²) in [5.74, 6) is 2.25. The topological polar surface area (TPSA) is 60.9 Å². The molecule has 0 bridgehead atoms. The summed E-state index contributed by atoms with van der Waals surface area (Å²) >= 11 is 1.42. The normalized spacial score (nSPS) is 11.3. The number of hydrogen-bond acceptors (Lipinski definition) is 5. The number of carbonyl (C=O) groups is 1. The van der Waals surface area contributed by atoms with Crippen LogP contribution in [-0.2, 0) is 6.54 Å². The van der Waals surface area contributed by atoms with E-state index < -0.39 is 0 Å². The molecule has 0 amide bonds. The Bertz CT molecular complexity index is 898. The molecule has 0 radical (unpaired) electrons. The van der Waals surface area contributed by atoms with E-state index in [2.05, 4.69) is 24.0 Å². The Morgan fingerprint density at radius 1 is 1.23 bits per heavy atom. The average molecular weight is 369 g/mol. The molecule has 3 rings (SSSR count). The number of benzene rings is 1. The highest BCUT2D eigenvalue weighted by molar-refractivity contribution is 7.99. The third-order valence-corrected chi connectivity index (χ3v) is 5.00. The number of aryl methyl sites for hydroxylation is 2. The number of nitrogens with zero attached hydrogens (tertiary/aromatic N) is 3. The zero-order chi connectivity index (χ0) is 18.7. The maximum Gasteiger partial charge on any atom is 0.200 e. The number of carbonyl (C=O) groups excluding carboxylic acids is 1. The second kappa shape index (κ2) is 7.91. The molecule has 0 saturated carbocycles. The van der Waals surface area contributed by atoms with Gasteiger partial charge in [0.25, 0.3) is 0 Å². The summed E-state index contributed by atoms with van der Waals surface area (Å²) in [6, 6.07) is 9.67. The molecule has 0 aliphatic rings. The number of aromatic nitrogens is 3. The Balaban J connectivity index is 1.81. The van der Waals surface area contributed by atoms with Gasteiger partial charge >= 0.3 is 0 Å². The molecule has 0 fully saturated rings. The molecule has 3 aromatic rings. The number of Topliss-reactive ketones (excluding diaryl/α,β-unsaturated/α-hetero) is 1. The molecule has 1 aromatic carbocycles. The molecule has 5 nitrogen and oxygen atoms in total. The van der Waals surface area contributed by atoms with Crippen molar-refractivity contribution in [3.63, 3.8) is 0 Å². The molecule has 0 saturated heterocycles. The van der Waals surface area contributed by atoms with E-state index in [-0.39, 0.29) is 5.78 Å². The third-order valence-electron chi connectivity index (χ3n) is 4.03. The summed E-state index contributed by atoms with van der Waals surface area (Å²) in [5.41, 5.74) is 2.87. The Hall–Kier alpha value is -2.34. The van der Waals surface area contributed by atoms with Gasteiger partial charge in [-0.2, -0.15) is 0 Å². The zero-order valence-electron chi connectivity index (χ0n) is 15.5. The molecule has 2 heterocycles. The molecular weight excluding hydrogens is 346 g/mol. The van der Waals surface area contributed by atoms with E-state index in [4.69, 9.17) is 4.42 Å². The van der Waals surface area contributed by atoms with Gasteiger partial charge in [0.2, 0.25) is 0 Å². The molecule has 2 aromatic heterocycles. The summed E-state index contributed by atoms with van der Waals surface area (Å²) < 4.78 is 7.51. The maximum absolute atomic E-state index is 12.7. The van der Waals surface area contributed by atoms with E-state index in [1.807, 2.05) is 48.7 Å². The van der Waals surface area contributed by atoms with Gasteiger partial charge in [0.15, 0.2) is 22.5 Å². The van der Waals surface area contributed by atoms with E-state index in [1.165, 1.54) is 11.8 Å². The minimum atomic E-state index is 0.106. The van der Waals surface area contributed by atoms with Crippen LogP contribution in [0.3, 0.4) is 0 Å². The van der Waals surface area contributed by atoms with E-state index >= 15 is 0 Å². The van der Waals surface area contributed by atoms with Crippen molar-refractivity contribution >= 4 is 17.5 Å². The van der Waals surface area contributed by atoms with Crippen molar-refractivity contribution in [1.29, 1.82) is 0 Å². The molecular formula is C20H23N3O2S. The first-order valence-electron chi connectivity index (χ1n) is 8.66. The van der Waals surface area contributed by atoms with Crippen LogP contribution in [0.4, 0.5) is 0 Å². The summed E-state index contributed by atoms with van der Waals surface area (Å²) in [5, 5.41) is 9.32. The van der Waals surface area contributed by atoms with Crippen LogP contribution < -0.4 is 0 Å². The molecule has 26 heavy (non-hydrogen) atoms. The van der Waals surface area contributed by atoms with Crippen LogP contribution in [-0.4, -0.2) is 26.3 Å². The summed E-state index contributed by atoms with van der Waals surface area (Å²) in [7, 11) is 0. The lowest BCUT2D eigenvalue weighted by Gasteiger charge is -2.11. The maximum atomic E-state index is 12.7. The molecule has 0 atom stereocenters. The van der Waals surface area contributed by atoms with Crippen LogP contribution in [0.15, 0.2) is 46.2 Å². The highest BCUT2D eigenvalue weighted by Gasteiger charge is 2.19. The quantitative estimate of drug-likeness (QED) is 0.443. The number of thioether (sulfide) groups is 1. The van der Waals surface area contributed by atoms with Gasteiger partial charge in [-0.25, -0.2) is 0 Å². The summed E-state index contributed by atoms with van der Waals surface area (Å²) in [4.78, 5) is 12.7. The smallest absolute Gasteiger partial charge is 0.200 e. The van der Waals surface area contributed by atoms with Crippen molar-refractivity contribution in [3.05, 3.63) is 53.3 Å². The summed E-state index contributed by atoms with van der Waals surface area (Å²) in [6.45, 7) is 9.01. The van der Waals surface area contributed by atoms with Gasteiger partial charge in [-0.05, 0) is 43.5 Å². The van der Waals surface area contributed by atoms with Gasteiger partial charge in [-0.15, -0.1) is 10.2 Å². The van der Waals surface area contributed by atoms with Gasteiger partial charge in [-0.1, -0.05) is 43.3 Å². The molecule has 0 unspecified atom stereocenters. The second-order valence-electron chi connectivity index (χ2n) is 6.82. The van der Waals surface area contributed by atoms with Crippen LogP contribution in [0, 0.1) is 19.8 Å². The van der Waals surface area contributed by atoms with Crippen molar-refractivity contribution in [2.75, 3.05) is 5.75 Å². The Morgan fingerprint density at radius 3 is 2.73 bits per heavy atom. The first-order valence-corrected chi connectivity index (χ1v) is 9.64. The minimum Gasteiger partial charge on any atom is -0.461 e. The molecule has 136 valence electrons. The number of hydrogen-bond donors (Lipinski definition) is 0. The predicted molar refractivity (Wildman–Crippen MR) is 104 cm³/mol. The monoisotopic (exact) mass is 369 g/mol. The van der Waals surface area contributed by atoms with Gasteiger partial charge in [0, 0.05) is 12.1 Å². The van der Waals surface area contributed by atoms with Crippen LogP contribution in [0.2, 0.25) is 0 Å². The lowest BCUT2D eigenvalue weighted by molar-refractivity contribution is 0.102. The molecule has 0 N–H and O–H groups in total. The largest absolute Gasteiger partial charge is 0.461 e. The molecule has 0 aliphatic carbocycles. The average Bonchev–Trinajstić information content (AvgIpc) is 3.24. The van der Waals surface area contributed by atoms with Crippen molar-refractivity contribution in [2.24, 2.45) is 5.92 Å². The zero-order valence-corrected chi connectivity index (χ0v) is 16.3. The third kappa shape index (κ3) is 4.07. The van der Waals surface area contributed by atoms with Gasteiger partial charge in [0.05, 0.1) is 12.0 Å². The van der Waals surface area contributed by atoms with Crippen LogP contribution in [0.1, 0.15) is 35.3 Å². The van der Waals surface area contributed by atoms with E-state index in [0.717, 1.165) is 28.4 Å². The van der Waals surface area contributed by atoms with Crippen LogP contribution in [0.5, 0.6) is 0 Å². The summed E-state index contributed by atoms with van der Waals surface area (Å²) in [6.07, 6.45) is 1.63. The van der Waals surface area contributed by atoms with Crippen molar-refractivity contribution < 1.29 is 9.21 Å². The first-order chi connectivity index (χ1) is 12.5. The highest BCUT2D eigenvalue weighted by atomic mass is 32.2. The standard InChI is InChI=1S/C20H23N3O2S/c1-13(2)11-23-19(18-6-5-9-25-18)21-22-20(23)26-12-17(24)16-10-14(3)7-8-15(16)4/h5-10,13H,11-12H2,1-4H3. The molecule has 0 spiro atoms. The van der Waals surface area contributed by atoms with E-state index in [1.54, 1.807) is 6.26 Å². The fraction of sp³-hybridized carbons (Fsp3) is 0.350. The Morgan fingerprint density at radius 2 is 2.04 bits per heavy atom. The second-order valence-corrected chi connectivity index (χ2v) is 7.76. The molecule has 6 heteroatoms. The minimum absolute atomic E-state index is 0.106.